The highest BCUT2D eigenvalue weighted by Gasteiger charge is 2.73. The normalized spacial score (nSPS) is 57.1. The summed E-state index contributed by atoms with van der Waals surface area (Å²) in [6.07, 6.45) is 5.90. The Hall–Kier alpha value is -0.260. The van der Waals surface area contributed by atoms with Crippen molar-refractivity contribution in [3.05, 3.63) is 12.2 Å². The molecule has 0 aromatic rings. The van der Waals surface area contributed by atoms with Crippen molar-refractivity contribution in [1.82, 2.24) is 0 Å². The summed E-state index contributed by atoms with van der Waals surface area (Å²) in [5, 5.41) is 0. The molecule has 0 radical (unpaired) electrons. The van der Waals surface area contributed by atoms with Gasteiger partial charge in [0.2, 0.25) is 0 Å². The molecule has 6 atom stereocenters. The first-order valence-electron chi connectivity index (χ1n) is 6.74. The van der Waals surface area contributed by atoms with Gasteiger partial charge >= 0.3 is 0 Å². The van der Waals surface area contributed by atoms with E-state index in [0.717, 1.165) is 35.0 Å². The summed E-state index contributed by atoms with van der Waals surface area (Å²) < 4.78 is 0. The SMILES string of the molecule is C=C(C)[C@@H]1CC[C@@H](C)C23CC[C@@H](C)[C@@H]2[C@H]13. The molecule has 3 saturated carbocycles. The van der Waals surface area contributed by atoms with Gasteiger partial charge in [0.15, 0.2) is 0 Å². The highest BCUT2D eigenvalue weighted by molar-refractivity contribution is 5.25. The van der Waals surface area contributed by atoms with Crippen molar-refractivity contribution in [1.29, 1.82) is 0 Å². The molecule has 3 rings (SSSR count). The molecule has 84 valence electrons. The zero-order valence-corrected chi connectivity index (χ0v) is 10.4. The zero-order valence-electron chi connectivity index (χ0n) is 10.4. The third-order valence-electron chi connectivity index (χ3n) is 6.06. The van der Waals surface area contributed by atoms with Gasteiger partial charge in [0.1, 0.15) is 0 Å². The summed E-state index contributed by atoms with van der Waals surface area (Å²) in [5.41, 5.74) is 2.24. The fraction of sp³-hybridized carbons (Fsp3) is 0.867. The van der Waals surface area contributed by atoms with Crippen molar-refractivity contribution in [3.8, 4) is 0 Å². The molecule has 0 aliphatic heterocycles. The van der Waals surface area contributed by atoms with Gasteiger partial charge in [-0.15, -0.1) is 0 Å². The Kier molecular flexibility index (Phi) is 1.92. The molecule has 0 amide bonds. The fourth-order valence-electron chi connectivity index (χ4n) is 5.35. The van der Waals surface area contributed by atoms with Gasteiger partial charge in [-0.3, -0.25) is 0 Å². The molecular formula is C15H24. The Morgan fingerprint density at radius 3 is 2.53 bits per heavy atom. The van der Waals surface area contributed by atoms with Crippen LogP contribution >= 0.6 is 0 Å². The van der Waals surface area contributed by atoms with E-state index in [9.17, 15) is 0 Å². The molecule has 1 unspecified atom stereocenters. The lowest BCUT2D eigenvalue weighted by Crippen LogP contribution is -2.25. The van der Waals surface area contributed by atoms with E-state index >= 15 is 0 Å². The predicted molar refractivity (Wildman–Crippen MR) is 64.5 cm³/mol. The molecular weight excluding hydrogens is 180 g/mol. The van der Waals surface area contributed by atoms with Crippen molar-refractivity contribution in [3.63, 3.8) is 0 Å². The van der Waals surface area contributed by atoms with E-state index in [1.54, 1.807) is 0 Å². The average molecular weight is 204 g/mol. The van der Waals surface area contributed by atoms with Crippen LogP contribution in [0.4, 0.5) is 0 Å². The molecule has 3 fully saturated rings. The lowest BCUT2D eigenvalue weighted by atomic mass is 9.71. The highest BCUT2D eigenvalue weighted by Crippen LogP contribution is 2.79. The van der Waals surface area contributed by atoms with Crippen molar-refractivity contribution in [2.75, 3.05) is 0 Å². The van der Waals surface area contributed by atoms with Gasteiger partial charge in [-0.1, -0.05) is 26.0 Å². The second-order valence-corrected chi connectivity index (χ2v) is 6.61. The Balaban J connectivity index is 1.91. The third-order valence-corrected chi connectivity index (χ3v) is 6.06. The molecule has 0 aromatic carbocycles. The Bertz CT molecular complexity index is 303. The highest BCUT2D eigenvalue weighted by atomic mass is 14.8. The van der Waals surface area contributed by atoms with Crippen molar-refractivity contribution >= 4 is 0 Å². The second kappa shape index (κ2) is 2.90. The van der Waals surface area contributed by atoms with E-state index in [2.05, 4.69) is 27.4 Å². The quantitative estimate of drug-likeness (QED) is 0.559. The Morgan fingerprint density at radius 2 is 1.87 bits per heavy atom. The number of rotatable bonds is 1. The summed E-state index contributed by atoms with van der Waals surface area (Å²) >= 11 is 0. The van der Waals surface area contributed by atoms with E-state index in [4.69, 9.17) is 0 Å². The zero-order chi connectivity index (χ0) is 10.8. The molecule has 0 aromatic heterocycles. The molecule has 3 aliphatic rings. The predicted octanol–water partition coefficient (Wildman–Crippen LogP) is 4.27. The van der Waals surface area contributed by atoms with Crippen LogP contribution < -0.4 is 0 Å². The van der Waals surface area contributed by atoms with Crippen LogP contribution in [0, 0.1) is 35.0 Å². The van der Waals surface area contributed by atoms with Crippen LogP contribution in [-0.2, 0) is 0 Å². The van der Waals surface area contributed by atoms with Crippen molar-refractivity contribution in [2.45, 2.75) is 46.5 Å². The van der Waals surface area contributed by atoms with E-state index in [0.29, 0.717) is 0 Å². The van der Waals surface area contributed by atoms with Gasteiger partial charge in [0, 0.05) is 0 Å². The minimum Gasteiger partial charge on any atom is -0.0998 e. The molecule has 0 saturated heterocycles. The molecule has 0 N–H and O–H groups in total. The van der Waals surface area contributed by atoms with Crippen LogP contribution in [0.15, 0.2) is 12.2 Å². The monoisotopic (exact) mass is 204 g/mol. The first-order valence-corrected chi connectivity index (χ1v) is 6.74. The van der Waals surface area contributed by atoms with Gasteiger partial charge in [-0.2, -0.15) is 0 Å². The first kappa shape index (κ1) is 9.93. The lowest BCUT2D eigenvalue weighted by Gasteiger charge is -2.34. The van der Waals surface area contributed by atoms with Crippen LogP contribution in [0.3, 0.4) is 0 Å². The number of allylic oxidation sites excluding steroid dienone is 1. The molecule has 0 nitrogen and oxygen atoms in total. The van der Waals surface area contributed by atoms with Crippen molar-refractivity contribution < 1.29 is 0 Å². The third kappa shape index (κ3) is 1.04. The molecule has 0 bridgehead atoms. The summed E-state index contributed by atoms with van der Waals surface area (Å²) in [4.78, 5) is 0. The number of hydrogen-bond donors (Lipinski definition) is 0. The maximum Gasteiger partial charge on any atom is -0.0172 e. The number of fused-ring (bicyclic) bond motifs is 1. The summed E-state index contributed by atoms with van der Waals surface area (Å²) in [7, 11) is 0. The minimum atomic E-state index is 0.779. The largest absolute Gasteiger partial charge is 0.0998 e. The molecule has 3 aliphatic carbocycles. The van der Waals surface area contributed by atoms with Gasteiger partial charge < -0.3 is 0 Å². The molecule has 1 spiro atoms. The van der Waals surface area contributed by atoms with Crippen molar-refractivity contribution in [2.24, 2.45) is 35.0 Å². The molecule has 15 heavy (non-hydrogen) atoms. The van der Waals surface area contributed by atoms with Gasteiger partial charge in [-0.05, 0) is 67.6 Å². The summed E-state index contributed by atoms with van der Waals surface area (Å²) in [6, 6.07) is 0. The molecule has 0 heteroatoms. The Morgan fingerprint density at radius 1 is 1.13 bits per heavy atom. The lowest BCUT2D eigenvalue weighted by molar-refractivity contribution is 0.187. The second-order valence-electron chi connectivity index (χ2n) is 6.61. The standard InChI is InChI=1S/C15H24/c1-9(2)12-6-5-11(4)15-8-7-10(3)13(15)14(12)15/h10-14H,1,5-8H2,2-4H3/t10-,11-,12+,13-,14+,15?/m1/s1. The molecule has 0 heterocycles. The van der Waals surface area contributed by atoms with Gasteiger partial charge in [0.05, 0.1) is 0 Å². The minimum absolute atomic E-state index is 0.779. The maximum absolute atomic E-state index is 4.23. The van der Waals surface area contributed by atoms with Crippen LogP contribution in [-0.4, -0.2) is 0 Å². The van der Waals surface area contributed by atoms with E-state index in [-0.39, 0.29) is 0 Å². The average Bonchev–Trinajstić information content (AvgIpc) is 2.75. The van der Waals surface area contributed by atoms with Crippen LogP contribution in [0.1, 0.15) is 46.5 Å². The number of hydrogen-bond acceptors (Lipinski definition) is 0. The van der Waals surface area contributed by atoms with Crippen LogP contribution in [0.25, 0.3) is 0 Å². The fourth-order valence-corrected chi connectivity index (χ4v) is 5.35. The maximum atomic E-state index is 4.23. The van der Waals surface area contributed by atoms with Gasteiger partial charge in [-0.25, -0.2) is 0 Å². The van der Waals surface area contributed by atoms with Gasteiger partial charge in [0.25, 0.3) is 0 Å². The topological polar surface area (TPSA) is 0 Å². The van der Waals surface area contributed by atoms with Crippen LogP contribution in [0.2, 0.25) is 0 Å². The summed E-state index contributed by atoms with van der Waals surface area (Å²) in [5.74, 6) is 4.96. The van der Waals surface area contributed by atoms with E-state index in [1.165, 1.54) is 31.3 Å². The Labute approximate surface area is 94.1 Å². The first-order chi connectivity index (χ1) is 7.09. The summed E-state index contributed by atoms with van der Waals surface area (Å²) in [6.45, 7) is 11.5. The smallest absolute Gasteiger partial charge is 0.0172 e. The van der Waals surface area contributed by atoms with Crippen LogP contribution in [0.5, 0.6) is 0 Å². The van der Waals surface area contributed by atoms with E-state index < -0.39 is 0 Å². The van der Waals surface area contributed by atoms with E-state index in [1.807, 2.05) is 0 Å².